The van der Waals surface area contributed by atoms with Crippen LogP contribution in [0, 0.1) is 12.7 Å². The third-order valence-corrected chi connectivity index (χ3v) is 11.0. The van der Waals surface area contributed by atoms with Crippen molar-refractivity contribution in [3.63, 3.8) is 0 Å². The van der Waals surface area contributed by atoms with E-state index in [2.05, 4.69) is 4.72 Å². The Kier molecular flexibility index (Phi) is 7.98. The van der Waals surface area contributed by atoms with Gasteiger partial charge in [0.2, 0.25) is 10.0 Å². The van der Waals surface area contributed by atoms with Crippen LogP contribution in [0.4, 0.5) is 10.1 Å². The number of anilines is 1. The van der Waals surface area contributed by atoms with Crippen molar-refractivity contribution in [1.29, 1.82) is 0 Å². The third kappa shape index (κ3) is 6.05. The van der Waals surface area contributed by atoms with Crippen LogP contribution in [0.5, 0.6) is 5.75 Å². The first-order valence-corrected chi connectivity index (χ1v) is 16.3. The van der Waals surface area contributed by atoms with Crippen LogP contribution < -0.4 is 13.8 Å². The number of rotatable bonds is 9. The molecule has 3 aromatic rings. The quantitative estimate of drug-likeness (QED) is 0.313. The second-order valence-corrected chi connectivity index (χ2v) is 14.5. The molecule has 40 heavy (non-hydrogen) atoms. The van der Waals surface area contributed by atoms with Gasteiger partial charge in [-0.1, -0.05) is 41.9 Å². The normalized spacial score (nSPS) is 17.9. The topological polar surface area (TPSA) is 92.8 Å². The smallest absolute Gasteiger partial charge is 0.264 e. The highest BCUT2D eigenvalue weighted by atomic mass is 35.5. The van der Waals surface area contributed by atoms with Crippen LogP contribution in [0.25, 0.3) is 11.6 Å². The zero-order chi connectivity index (χ0) is 28.7. The maximum atomic E-state index is 14.5. The summed E-state index contributed by atoms with van der Waals surface area (Å²) in [5.41, 5.74) is 2.64. The molecule has 0 amide bonds. The number of hydrogen-bond donors (Lipinski definition) is 1. The fourth-order valence-electron chi connectivity index (χ4n) is 4.75. The second kappa shape index (κ2) is 11.2. The van der Waals surface area contributed by atoms with Gasteiger partial charge in [-0.15, -0.1) is 0 Å². The van der Waals surface area contributed by atoms with Gasteiger partial charge in [-0.3, -0.25) is 4.31 Å². The number of sulfonamides is 2. The van der Waals surface area contributed by atoms with Gasteiger partial charge in [0.1, 0.15) is 17.7 Å². The van der Waals surface area contributed by atoms with E-state index in [0.717, 1.165) is 5.56 Å². The van der Waals surface area contributed by atoms with Crippen LogP contribution in [0.3, 0.4) is 0 Å². The molecule has 0 bridgehead atoms. The molecule has 1 atom stereocenters. The van der Waals surface area contributed by atoms with E-state index in [1.165, 1.54) is 16.4 Å². The lowest BCUT2D eigenvalue weighted by Crippen LogP contribution is -2.45. The minimum absolute atomic E-state index is 0.000275. The predicted molar refractivity (Wildman–Crippen MR) is 156 cm³/mol. The minimum Gasteiger partial charge on any atom is -0.486 e. The fourth-order valence-corrected chi connectivity index (χ4v) is 8.07. The second-order valence-electron chi connectivity index (χ2n) is 10.2. The van der Waals surface area contributed by atoms with Crippen LogP contribution in [0.15, 0.2) is 65.6 Å². The molecule has 1 aliphatic heterocycles. The summed E-state index contributed by atoms with van der Waals surface area (Å²) < 4.78 is 76.9. The van der Waals surface area contributed by atoms with Gasteiger partial charge in [-0.05, 0) is 86.2 Å². The molecule has 0 spiro atoms. The van der Waals surface area contributed by atoms with E-state index in [0.29, 0.717) is 35.4 Å². The SMILES string of the molecule is C/C(=C\c1ccc2c(c1)N(S(=O)(=O)c1cccc(C)c1)C[C@H](CCNS(=O)(=O)C1CC1)O2)c1c(F)cccc1Cl. The van der Waals surface area contributed by atoms with Gasteiger partial charge < -0.3 is 4.74 Å². The number of allylic oxidation sites excluding steroid dienone is 1. The van der Waals surface area contributed by atoms with Crippen molar-refractivity contribution >= 4 is 49.0 Å². The highest BCUT2D eigenvalue weighted by molar-refractivity contribution is 7.92. The largest absolute Gasteiger partial charge is 0.486 e. The van der Waals surface area contributed by atoms with Crippen molar-refractivity contribution in [2.24, 2.45) is 0 Å². The average molecular weight is 605 g/mol. The first-order chi connectivity index (χ1) is 19.0. The van der Waals surface area contributed by atoms with Gasteiger partial charge >= 0.3 is 0 Å². The molecule has 1 saturated carbocycles. The zero-order valence-electron chi connectivity index (χ0n) is 22.1. The van der Waals surface area contributed by atoms with E-state index in [1.54, 1.807) is 55.5 Å². The Morgan fingerprint density at radius 1 is 1.10 bits per heavy atom. The van der Waals surface area contributed by atoms with Crippen molar-refractivity contribution in [1.82, 2.24) is 4.72 Å². The lowest BCUT2D eigenvalue weighted by Gasteiger charge is -2.36. The number of ether oxygens (including phenoxy) is 1. The lowest BCUT2D eigenvalue weighted by atomic mass is 10.0. The van der Waals surface area contributed by atoms with E-state index in [1.807, 2.05) is 13.0 Å². The molecule has 1 aliphatic carbocycles. The van der Waals surface area contributed by atoms with Crippen LogP contribution in [0.2, 0.25) is 5.02 Å². The molecule has 1 fully saturated rings. The summed E-state index contributed by atoms with van der Waals surface area (Å²) in [5, 5.41) is -0.0632. The molecule has 2 aliphatic rings. The van der Waals surface area contributed by atoms with Gasteiger partial charge in [-0.25, -0.2) is 25.9 Å². The number of hydrogen-bond acceptors (Lipinski definition) is 5. The van der Waals surface area contributed by atoms with E-state index < -0.39 is 32.0 Å². The van der Waals surface area contributed by atoms with Crippen LogP contribution in [-0.4, -0.2) is 41.3 Å². The molecule has 1 heterocycles. The Hall–Kier alpha value is -2.92. The number of halogens is 2. The van der Waals surface area contributed by atoms with E-state index >= 15 is 0 Å². The molecule has 11 heteroatoms. The van der Waals surface area contributed by atoms with Crippen LogP contribution in [-0.2, 0) is 20.0 Å². The first-order valence-electron chi connectivity index (χ1n) is 13.0. The Morgan fingerprint density at radius 3 is 2.55 bits per heavy atom. The molecule has 0 aromatic heterocycles. The molecule has 0 unspecified atom stereocenters. The molecular formula is C29H30ClFN2O5S2. The van der Waals surface area contributed by atoms with E-state index in [-0.39, 0.29) is 40.2 Å². The summed E-state index contributed by atoms with van der Waals surface area (Å²) in [6.45, 7) is 3.70. The summed E-state index contributed by atoms with van der Waals surface area (Å²) in [4.78, 5) is 0.142. The van der Waals surface area contributed by atoms with Crippen molar-refractivity contribution in [3.8, 4) is 5.75 Å². The Morgan fingerprint density at radius 2 is 1.85 bits per heavy atom. The number of aryl methyl sites for hydroxylation is 1. The summed E-state index contributed by atoms with van der Waals surface area (Å²) in [6, 6.07) is 16.3. The Bertz CT molecular complexity index is 1670. The molecular weight excluding hydrogens is 575 g/mol. The molecule has 0 radical (unpaired) electrons. The van der Waals surface area contributed by atoms with Gasteiger partial charge in [0.25, 0.3) is 10.0 Å². The van der Waals surface area contributed by atoms with Crippen molar-refractivity contribution in [2.45, 2.75) is 49.4 Å². The number of nitrogens with zero attached hydrogens (tertiary/aromatic N) is 1. The number of fused-ring (bicyclic) bond motifs is 1. The molecule has 7 nitrogen and oxygen atoms in total. The molecule has 3 aromatic carbocycles. The number of nitrogens with one attached hydrogen (secondary N) is 1. The lowest BCUT2D eigenvalue weighted by molar-refractivity contribution is 0.191. The summed E-state index contributed by atoms with van der Waals surface area (Å²) in [5.74, 6) is -0.0948. The minimum atomic E-state index is -3.99. The zero-order valence-corrected chi connectivity index (χ0v) is 24.5. The Balaban J connectivity index is 1.49. The monoisotopic (exact) mass is 604 g/mol. The molecule has 212 valence electrons. The summed E-state index contributed by atoms with van der Waals surface area (Å²) in [6.07, 6.45) is 2.77. The van der Waals surface area contributed by atoms with Crippen molar-refractivity contribution in [2.75, 3.05) is 17.4 Å². The molecule has 5 rings (SSSR count). The number of benzene rings is 3. The standard InChI is InChI=1S/C29H30ClFN2O5S2/c1-19-5-3-6-24(15-19)40(36,37)33-18-22(13-14-32-39(34,35)23-10-11-23)38-28-12-9-21(17-27(28)33)16-20(2)29-25(30)7-4-8-26(29)31/h3-9,12,15-17,22-23,32H,10-11,13-14,18H2,1-2H3/b20-16+/t22-/m0/s1. The highest BCUT2D eigenvalue weighted by Crippen LogP contribution is 2.39. The van der Waals surface area contributed by atoms with Crippen molar-refractivity contribution in [3.05, 3.63) is 88.2 Å². The predicted octanol–water partition coefficient (Wildman–Crippen LogP) is 5.78. The van der Waals surface area contributed by atoms with E-state index in [4.69, 9.17) is 16.3 Å². The van der Waals surface area contributed by atoms with Crippen LogP contribution >= 0.6 is 11.6 Å². The fraction of sp³-hybridized carbons (Fsp3) is 0.310. The average Bonchev–Trinajstić information content (AvgIpc) is 3.75. The Labute approximate surface area is 239 Å². The van der Waals surface area contributed by atoms with Crippen LogP contribution in [0.1, 0.15) is 42.9 Å². The summed E-state index contributed by atoms with van der Waals surface area (Å²) >= 11 is 6.24. The maximum Gasteiger partial charge on any atom is 0.264 e. The third-order valence-electron chi connectivity index (χ3n) is 6.97. The summed E-state index contributed by atoms with van der Waals surface area (Å²) in [7, 11) is -7.35. The maximum absolute atomic E-state index is 14.5. The van der Waals surface area contributed by atoms with Gasteiger partial charge in [0, 0.05) is 12.1 Å². The van der Waals surface area contributed by atoms with Gasteiger partial charge in [0.05, 0.1) is 27.4 Å². The van der Waals surface area contributed by atoms with E-state index in [9.17, 15) is 21.2 Å². The van der Waals surface area contributed by atoms with Gasteiger partial charge in [0.15, 0.2) is 0 Å². The van der Waals surface area contributed by atoms with Gasteiger partial charge in [-0.2, -0.15) is 0 Å². The van der Waals surface area contributed by atoms with Crippen molar-refractivity contribution < 1.29 is 26.0 Å². The highest BCUT2D eigenvalue weighted by Gasteiger charge is 2.37. The molecule has 1 N–H and O–H groups in total. The molecule has 0 saturated heterocycles. The first kappa shape index (κ1) is 28.6.